The molecule has 0 aliphatic rings. The molecule has 0 spiro atoms. The minimum Gasteiger partial charge on any atom is -0.314 e. The Kier molecular flexibility index (Phi) is 4.14. The van der Waals surface area contributed by atoms with Crippen LogP contribution in [0.15, 0.2) is 53.7 Å². The van der Waals surface area contributed by atoms with Gasteiger partial charge in [0.2, 0.25) is 0 Å². The van der Waals surface area contributed by atoms with Crippen molar-refractivity contribution in [3.63, 3.8) is 0 Å². The predicted octanol–water partition coefficient (Wildman–Crippen LogP) is 4.35. The van der Waals surface area contributed by atoms with E-state index in [1.807, 2.05) is 42.5 Å². The highest BCUT2D eigenvalue weighted by atomic mass is 35.5. The van der Waals surface area contributed by atoms with Gasteiger partial charge in [-0.05, 0) is 29.8 Å². The van der Waals surface area contributed by atoms with Crippen LogP contribution in [0.3, 0.4) is 0 Å². The Morgan fingerprint density at radius 2 is 1.90 bits per heavy atom. The van der Waals surface area contributed by atoms with Gasteiger partial charge in [0.25, 0.3) is 0 Å². The lowest BCUT2D eigenvalue weighted by Crippen LogP contribution is -2.01. The molecule has 0 aliphatic carbocycles. The molecule has 1 heterocycles. The fraction of sp³-hybridized carbons (Fsp3) is 0.125. The highest BCUT2D eigenvalue weighted by Crippen LogP contribution is 2.25. The van der Waals surface area contributed by atoms with E-state index in [0.29, 0.717) is 12.3 Å². The number of nitrogens with zero attached hydrogens (tertiary/aromatic N) is 3. The van der Waals surface area contributed by atoms with Crippen LogP contribution in [0, 0.1) is 11.3 Å². The lowest BCUT2D eigenvalue weighted by Gasteiger charge is -2.08. The van der Waals surface area contributed by atoms with Gasteiger partial charge in [-0.3, -0.25) is 0 Å². The molecule has 0 radical (unpaired) electrons. The zero-order valence-corrected chi connectivity index (χ0v) is 12.7. The Balaban J connectivity index is 2.02. The maximum Gasteiger partial charge on any atom is 0.170 e. The molecule has 0 atom stereocenters. The van der Waals surface area contributed by atoms with Crippen molar-refractivity contribution in [3.8, 4) is 6.07 Å². The summed E-state index contributed by atoms with van der Waals surface area (Å²) in [7, 11) is 0. The summed E-state index contributed by atoms with van der Waals surface area (Å²) in [5, 5.41) is 10.4. The number of nitriles is 1. The summed E-state index contributed by atoms with van der Waals surface area (Å²) in [5.74, 6) is 0.393. The first-order valence-electron chi connectivity index (χ1n) is 6.47. The third-order valence-electron chi connectivity index (χ3n) is 3.14. The van der Waals surface area contributed by atoms with E-state index in [1.165, 1.54) is 11.8 Å². The van der Waals surface area contributed by atoms with Crippen molar-refractivity contribution in [2.24, 2.45) is 0 Å². The maximum absolute atomic E-state index is 8.79. The van der Waals surface area contributed by atoms with E-state index >= 15 is 0 Å². The second kappa shape index (κ2) is 6.21. The first-order valence-corrected chi connectivity index (χ1v) is 7.84. The lowest BCUT2D eigenvalue weighted by atomic mass is 10.2. The van der Waals surface area contributed by atoms with Crippen LogP contribution < -0.4 is 0 Å². The molecule has 3 nitrogen and oxygen atoms in total. The monoisotopic (exact) mass is 313 g/mol. The zero-order valence-electron chi connectivity index (χ0n) is 11.2. The van der Waals surface area contributed by atoms with Crippen molar-refractivity contribution in [2.75, 3.05) is 5.75 Å². The van der Waals surface area contributed by atoms with Crippen LogP contribution in [-0.4, -0.2) is 15.3 Å². The molecule has 0 unspecified atom stereocenters. The summed E-state index contributed by atoms with van der Waals surface area (Å²) >= 11 is 7.39. The van der Waals surface area contributed by atoms with Crippen LogP contribution in [0.1, 0.15) is 5.56 Å². The number of benzene rings is 2. The van der Waals surface area contributed by atoms with E-state index in [1.54, 1.807) is 0 Å². The van der Waals surface area contributed by atoms with Crippen molar-refractivity contribution in [1.29, 1.82) is 5.26 Å². The molecule has 0 fully saturated rings. The molecule has 2 aromatic carbocycles. The minimum absolute atomic E-state index is 0.393. The third-order valence-corrected chi connectivity index (χ3v) is 4.23. The van der Waals surface area contributed by atoms with Crippen molar-refractivity contribution in [3.05, 3.63) is 59.1 Å². The number of fused-ring (bicyclic) bond motifs is 1. The van der Waals surface area contributed by atoms with Crippen LogP contribution >= 0.6 is 23.4 Å². The minimum atomic E-state index is 0.393. The van der Waals surface area contributed by atoms with E-state index in [-0.39, 0.29) is 0 Å². The fourth-order valence-electron chi connectivity index (χ4n) is 2.19. The Labute approximate surface area is 132 Å². The van der Waals surface area contributed by atoms with E-state index in [9.17, 15) is 0 Å². The van der Waals surface area contributed by atoms with Gasteiger partial charge < -0.3 is 4.57 Å². The summed E-state index contributed by atoms with van der Waals surface area (Å²) in [6, 6.07) is 18.0. The summed E-state index contributed by atoms with van der Waals surface area (Å²) in [4.78, 5) is 4.61. The topological polar surface area (TPSA) is 41.6 Å². The van der Waals surface area contributed by atoms with Gasteiger partial charge in [0.1, 0.15) is 0 Å². The van der Waals surface area contributed by atoms with Crippen molar-refractivity contribution in [2.45, 2.75) is 11.7 Å². The van der Waals surface area contributed by atoms with Crippen LogP contribution in [0.5, 0.6) is 0 Å². The quantitative estimate of drug-likeness (QED) is 0.672. The average Bonchev–Trinajstić information content (AvgIpc) is 2.85. The predicted molar refractivity (Wildman–Crippen MR) is 86.6 cm³/mol. The van der Waals surface area contributed by atoms with Gasteiger partial charge in [-0.1, -0.05) is 47.6 Å². The molecule has 0 bridgehead atoms. The number of imidazole rings is 1. The molecule has 3 aromatic rings. The summed E-state index contributed by atoms with van der Waals surface area (Å²) in [6.07, 6.45) is 0. The normalized spacial score (nSPS) is 10.7. The Morgan fingerprint density at radius 1 is 1.14 bits per heavy atom. The zero-order chi connectivity index (χ0) is 14.7. The number of aromatic nitrogens is 2. The second-order valence-electron chi connectivity index (χ2n) is 4.54. The number of hydrogen-bond donors (Lipinski definition) is 0. The molecular weight excluding hydrogens is 302 g/mol. The Morgan fingerprint density at radius 3 is 2.67 bits per heavy atom. The largest absolute Gasteiger partial charge is 0.314 e. The molecular formula is C16H12ClN3S. The molecule has 3 rings (SSSR count). The molecule has 0 saturated carbocycles. The van der Waals surface area contributed by atoms with E-state index < -0.39 is 0 Å². The summed E-state index contributed by atoms with van der Waals surface area (Å²) in [5.41, 5.74) is 3.18. The van der Waals surface area contributed by atoms with Gasteiger partial charge in [-0.15, -0.1) is 0 Å². The lowest BCUT2D eigenvalue weighted by molar-refractivity contribution is 0.732. The van der Waals surface area contributed by atoms with Gasteiger partial charge in [0.15, 0.2) is 5.16 Å². The molecule has 21 heavy (non-hydrogen) atoms. The number of halogens is 1. The van der Waals surface area contributed by atoms with Crippen molar-refractivity contribution < 1.29 is 0 Å². The highest BCUT2D eigenvalue weighted by molar-refractivity contribution is 7.99. The van der Waals surface area contributed by atoms with Gasteiger partial charge in [0, 0.05) is 5.02 Å². The Bertz CT molecular complexity index is 802. The first-order chi connectivity index (χ1) is 10.3. The standard InChI is InChI=1S/C16H12ClN3S/c17-13-7-5-12(6-8-13)11-20-15-4-2-1-3-14(15)19-16(20)21-10-9-18/h1-8H,10-11H2. The van der Waals surface area contributed by atoms with E-state index in [2.05, 4.69) is 21.7 Å². The van der Waals surface area contributed by atoms with Gasteiger partial charge >= 0.3 is 0 Å². The van der Waals surface area contributed by atoms with Crippen LogP contribution in [0.2, 0.25) is 5.02 Å². The average molecular weight is 314 g/mol. The van der Waals surface area contributed by atoms with E-state index in [0.717, 1.165) is 26.8 Å². The molecule has 1 aromatic heterocycles. The number of thioether (sulfide) groups is 1. The van der Waals surface area contributed by atoms with Crippen LogP contribution in [0.25, 0.3) is 11.0 Å². The highest BCUT2D eigenvalue weighted by Gasteiger charge is 2.11. The third kappa shape index (κ3) is 3.05. The first kappa shape index (κ1) is 14.0. The number of para-hydroxylation sites is 2. The molecule has 0 saturated heterocycles. The smallest absolute Gasteiger partial charge is 0.170 e. The molecule has 0 N–H and O–H groups in total. The molecule has 104 valence electrons. The molecule has 5 heteroatoms. The van der Waals surface area contributed by atoms with Gasteiger partial charge in [-0.2, -0.15) is 5.26 Å². The van der Waals surface area contributed by atoms with Gasteiger partial charge in [-0.25, -0.2) is 4.98 Å². The summed E-state index contributed by atoms with van der Waals surface area (Å²) < 4.78 is 2.14. The van der Waals surface area contributed by atoms with Crippen molar-refractivity contribution in [1.82, 2.24) is 9.55 Å². The summed E-state index contributed by atoms with van der Waals surface area (Å²) in [6.45, 7) is 0.714. The van der Waals surface area contributed by atoms with E-state index in [4.69, 9.17) is 16.9 Å². The fourth-order valence-corrected chi connectivity index (χ4v) is 2.99. The SMILES string of the molecule is N#CCSc1nc2ccccc2n1Cc1ccc(Cl)cc1. The Hall–Kier alpha value is -1.96. The maximum atomic E-state index is 8.79. The van der Waals surface area contributed by atoms with Crippen LogP contribution in [-0.2, 0) is 6.54 Å². The molecule has 0 amide bonds. The van der Waals surface area contributed by atoms with Crippen molar-refractivity contribution >= 4 is 34.4 Å². The molecule has 0 aliphatic heterocycles. The number of rotatable bonds is 4. The second-order valence-corrected chi connectivity index (χ2v) is 5.92. The number of hydrogen-bond acceptors (Lipinski definition) is 3. The van der Waals surface area contributed by atoms with Gasteiger partial charge in [0.05, 0.1) is 29.4 Å². The van der Waals surface area contributed by atoms with Crippen LogP contribution in [0.4, 0.5) is 0 Å².